The molecule has 1 aromatic carbocycles. The van der Waals surface area contributed by atoms with Crippen LogP contribution in [0.2, 0.25) is 0 Å². The minimum Gasteiger partial charge on any atom is -0.463 e. The van der Waals surface area contributed by atoms with Gasteiger partial charge in [0.25, 0.3) is 0 Å². The van der Waals surface area contributed by atoms with Crippen molar-refractivity contribution in [2.45, 2.75) is 19.8 Å². The fourth-order valence-electron chi connectivity index (χ4n) is 2.42. The van der Waals surface area contributed by atoms with E-state index < -0.39 is 34.9 Å². The zero-order chi connectivity index (χ0) is 18.0. The zero-order valence-corrected chi connectivity index (χ0v) is 12.8. The molecule has 0 aromatic heterocycles. The Morgan fingerprint density at radius 1 is 1.33 bits per heavy atom. The summed E-state index contributed by atoms with van der Waals surface area (Å²) in [6, 6.07) is 2.63. The standard InChI is InChI=1S/C16H13F3N2O3/c1-3-23-16(22)13-7(2)24-15(21)9(6-20)14(13)8-4-11(18)12(19)5-10(8)17/h4-5,14H,3,21H2,1-2H3. The maximum Gasteiger partial charge on any atom is 0.338 e. The van der Waals surface area contributed by atoms with Gasteiger partial charge in [0.2, 0.25) is 5.88 Å². The highest BCUT2D eigenvalue weighted by Gasteiger charge is 2.38. The van der Waals surface area contributed by atoms with E-state index in [-0.39, 0.29) is 29.4 Å². The van der Waals surface area contributed by atoms with Gasteiger partial charge in [-0.25, -0.2) is 18.0 Å². The molecule has 5 nitrogen and oxygen atoms in total. The number of carbonyl (C=O) groups is 1. The Kier molecular flexibility index (Phi) is 4.83. The van der Waals surface area contributed by atoms with Crippen LogP contribution in [0.25, 0.3) is 0 Å². The minimum absolute atomic E-state index is 0.0147. The molecule has 8 heteroatoms. The number of rotatable bonds is 3. The van der Waals surface area contributed by atoms with Crippen LogP contribution in [-0.4, -0.2) is 12.6 Å². The lowest BCUT2D eigenvalue weighted by atomic mass is 9.82. The average Bonchev–Trinajstić information content (AvgIpc) is 2.50. The lowest BCUT2D eigenvalue weighted by Gasteiger charge is -2.27. The van der Waals surface area contributed by atoms with Gasteiger partial charge in [-0.05, 0) is 19.9 Å². The van der Waals surface area contributed by atoms with Crippen LogP contribution in [0.5, 0.6) is 0 Å². The summed E-state index contributed by atoms with van der Waals surface area (Å²) in [6.07, 6.45) is 0. The Bertz CT molecular complexity index is 810. The van der Waals surface area contributed by atoms with E-state index in [1.807, 2.05) is 0 Å². The quantitative estimate of drug-likeness (QED) is 0.676. The van der Waals surface area contributed by atoms with E-state index in [4.69, 9.17) is 15.2 Å². The highest BCUT2D eigenvalue weighted by Crippen LogP contribution is 2.40. The fourth-order valence-corrected chi connectivity index (χ4v) is 2.42. The van der Waals surface area contributed by atoms with Crippen LogP contribution in [-0.2, 0) is 14.3 Å². The predicted molar refractivity (Wildman–Crippen MR) is 76.3 cm³/mol. The summed E-state index contributed by atoms with van der Waals surface area (Å²) in [7, 11) is 0. The van der Waals surface area contributed by atoms with Gasteiger partial charge in [-0.15, -0.1) is 0 Å². The third-order valence-electron chi connectivity index (χ3n) is 3.45. The highest BCUT2D eigenvalue weighted by molar-refractivity contribution is 5.92. The van der Waals surface area contributed by atoms with Gasteiger partial charge in [0, 0.05) is 11.6 Å². The monoisotopic (exact) mass is 338 g/mol. The van der Waals surface area contributed by atoms with Crippen molar-refractivity contribution in [1.82, 2.24) is 0 Å². The lowest BCUT2D eigenvalue weighted by molar-refractivity contribution is -0.139. The molecule has 1 heterocycles. The number of nitriles is 1. The number of esters is 1. The number of benzene rings is 1. The molecule has 0 fully saturated rings. The summed E-state index contributed by atoms with van der Waals surface area (Å²) in [5, 5.41) is 9.29. The molecule has 1 unspecified atom stereocenters. The molecule has 0 saturated heterocycles. The first-order valence-corrected chi connectivity index (χ1v) is 6.91. The minimum atomic E-state index is -1.39. The first kappa shape index (κ1) is 17.4. The fraction of sp³-hybridized carbons (Fsp3) is 0.250. The van der Waals surface area contributed by atoms with E-state index in [0.29, 0.717) is 12.1 Å². The van der Waals surface area contributed by atoms with Gasteiger partial charge in [0.05, 0.1) is 18.1 Å². The van der Waals surface area contributed by atoms with Gasteiger partial charge in [-0.1, -0.05) is 0 Å². The van der Waals surface area contributed by atoms with Crippen LogP contribution in [0.15, 0.2) is 34.9 Å². The van der Waals surface area contributed by atoms with E-state index in [0.717, 1.165) is 0 Å². The normalized spacial score (nSPS) is 17.4. The van der Waals surface area contributed by atoms with Crippen LogP contribution in [0.4, 0.5) is 13.2 Å². The van der Waals surface area contributed by atoms with Crippen molar-refractivity contribution in [3.8, 4) is 6.07 Å². The number of allylic oxidation sites excluding steroid dienone is 2. The highest BCUT2D eigenvalue weighted by atomic mass is 19.2. The Balaban J connectivity index is 2.72. The second-order valence-electron chi connectivity index (χ2n) is 4.90. The van der Waals surface area contributed by atoms with Crippen molar-refractivity contribution in [3.05, 3.63) is 57.9 Å². The van der Waals surface area contributed by atoms with E-state index >= 15 is 0 Å². The van der Waals surface area contributed by atoms with Gasteiger partial charge in [-0.3, -0.25) is 0 Å². The molecule has 0 spiro atoms. The largest absolute Gasteiger partial charge is 0.463 e. The summed E-state index contributed by atoms with van der Waals surface area (Å²) in [5.74, 6) is -6.44. The van der Waals surface area contributed by atoms with Crippen molar-refractivity contribution in [3.63, 3.8) is 0 Å². The van der Waals surface area contributed by atoms with Gasteiger partial charge in [-0.2, -0.15) is 5.26 Å². The van der Waals surface area contributed by atoms with Crippen molar-refractivity contribution in [1.29, 1.82) is 5.26 Å². The van der Waals surface area contributed by atoms with Gasteiger partial charge in [0.1, 0.15) is 23.2 Å². The summed E-state index contributed by atoms with van der Waals surface area (Å²) in [5.41, 5.74) is 4.70. The molecule has 0 amide bonds. The molecule has 1 atom stereocenters. The lowest BCUT2D eigenvalue weighted by Crippen LogP contribution is -2.26. The second-order valence-corrected chi connectivity index (χ2v) is 4.90. The van der Waals surface area contributed by atoms with E-state index in [1.165, 1.54) is 6.92 Å². The number of hydrogen-bond donors (Lipinski definition) is 1. The summed E-state index contributed by atoms with van der Waals surface area (Å²) < 4.78 is 51.0. The van der Waals surface area contributed by atoms with Crippen molar-refractivity contribution in [2.24, 2.45) is 5.73 Å². The molecule has 1 aliphatic rings. The summed E-state index contributed by atoms with van der Waals surface area (Å²) >= 11 is 0. The molecular formula is C16H13F3N2O3. The Morgan fingerprint density at radius 2 is 1.96 bits per heavy atom. The van der Waals surface area contributed by atoms with E-state index in [2.05, 4.69) is 0 Å². The Morgan fingerprint density at radius 3 is 2.54 bits per heavy atom. The molecule has 1 aliphatic heterocycles. The number of ether oxygens (including phenoxy) is 2. The maximum atomic E-state index is 14.2. The Labute approximate surface area is 135 Å². The van der Waals surface area contributed by atoms with Crippen LogP contribution in [0.3, 0.4) is 0 Å². The topological polar surface area (TPSA) is 85.3 Å². The third-order valence-corrected chi connectivity index (χ3v) is 3.45. The number of hydrogen-bond acceptors (Lipinski definition) is 5. The average molecular weight is 338 g/mol. The number of nitrogens with two attached hydrogens (primary N) is 1. The number of carbonyl (C=O) groups excluding carboxylic acids is 1. The van der Waals surface area contributed by atoms with Gasteiger partial charge in [0.15, 0.2) is 11.6 Å². The first-order valence-electron chi connectivity index (χ1n) is 6.91. The molecule has 0 saturated carbocycles. The number of nitrogens with zero attached hydrogens (tertiary/aromatic N) is 1. The molecule has 24 heavy (non-hydrogen) atoms. The second kappa shape index (κ2) is 6.66. The Hall–Kier alpha value is -2.95. The van der Waals surface area contributed by atoms with Crippen molar-refractivity contribution < 1.29 is 27.4 Å². The first-order chi connectivity index (χ1) is 11.3. The SMILES string of the molecule is CCOC(=O)C1=C(C)OC(N)=C(C#N)C1c1cc(F)c(F)cc1F. The van der Waals surface area contributed by atoms with E-state index in [9.17, 15) is 23.2 Å². The molecule has 2 N–H and O–H groups in total. The maximum absolute atomic E-state index is 14.2. The third kappa shape index (κ3) is 2.93. The van der Waals surface area contributed by atoms with Crippen LogP contribution >= 0.6 is 0 Å². The molecule has 0 bridgehead atoms. The molecule has 2 rings (SSSR count). The van der Waals surface area contributed by atoms with Crippen molar-refractivity contribution >= 4 is 5.97 Å². The van der Waals surface area contributed by atoms with Crippen LogP contribution in [0.1, 0.15) is 25.3 Å². The predicted octanol–water partition coefficient (Wildman–Crippen LogP) is 2.75. The van der Waals surface area contributed by atoms with Crippen molar-refractivity contribution in [2.75, 3.05) is 6.61 Å². The molecule has 0 radical (unpaired) electrons. The summed E-state index contributed by atoms with van der Waals surface area (Å²) in [6.45, 7) is 2.95. The molecular weight excluding hydrogens is 325 g/mol. The van der Waals surface area contributed by atoms with Crippen LogP contribution < -0.4 is 5.73 Å². The van der Waals surface area contributed by atoms with Crippen LogP contribution in [0, 0.1) is 28.8 Å². The zero-order valence-electron chi connectivity index (χ0n) is 12.8. The smallest absolute Gasteiger partial charge is 0.338 e. The molecule has 0 aliphatic carbocycles. The summed E-state index contributed by atoms with van der Waals surface area (Å²) in [4.78, 5) is 12.2. The van der Waals surface area contributed by atoms with Gasteiger partial charge < -0.3 is 15.2 Å². The molecule has 1 aromatic rings. The van der Waals surface area contributed by atoms with E-state index in [1.54, 1.807) is 13.0 Å². The van der Waals surface area contributed by atoms with Gasteiger partial charge >= 0.3 is 5.97 Å². The number of halogens is 3. The molecule has 126 valence electrons.